The molecule has 140 valence electrons. The molecule has 0 saturated heterocycles. The zero-order chi connectivity index (χ0) is 19.3. The molecule has 0 saturated carbocycles. The van der Waals surface area contributed by atoms with Crippen LogP contribution in [0.1, 0.15) is 26.0 Å². The third-order valence-corrected chi connectivity index (χ3v) is 4.11. The number of rotatable bonds is 9. The van der Waals surface area contributed by atoms with Crippen LogP contribution in [0.5, 0.6) is 0 Å². The second kappa shape index (κ2) is 9.16. The number of carbonyl (C=O) groups is 2. The van der Waals surface area contributed by atoms with Gasteiger partial charge in [0.2, 0.25) is 5.89 Å². The van der Waals surface area contributed by atoms with Gasteiger partial charge in [0, 0.05) is 22.0 Å². The first-order valence-electron chi connectivity index (χ1n) is 8.13. The molecule has 2 atom stereocenters. The van der Waals surface area contributed by atoms with Gasteiger partial charge in [-0.2, -0.15) is 0 Å². The highest BCUT2D eigenvalue weighted by molar-refractivity contribution is 6.35. The molecule has 6 nitrogen and oxygen atoms in total. The molecule has 0 aliphatic heterocycles. The van der Waals surface area contributed by atoms with Crippen molar-refractivity contribution in [2.75, 3.05) is 0 Å². The first-order valence-corrected chi connectivity index (χ1v) is 8.89. The summed E-state index contributed by atoms with van der Waals surface area (Å²) in [6, 6.07) is 3.41. The summed E-state index contributed by atoms with van der Waals surface area (Å²) in [5, 5.41) is 13.2. The van der Waals surface area contributed by atoms with Gasteiger partial charge >= 0.3 is 5.97 Å². The van der Waals surface area contributed by atoms with Crippen LogP contribution < -0.4 is 5.32 Å². The van der Waals surface area contributed by atoms with Crippen molar-refractivity contribution in [2.45, 2.75) is 38.8 Å². The zero-order valence-corrected chi connectivity index (χ0v) is 15.9. The van der Waals surface area contributed by atoms with Crippen molar-refractivity contribution in [1.29, 1.82) is 0 Å². The van der Waals surface area contributed by atoms with E-state index in [1.807, 2.05) is 13.8 Å². The minimum Gasteiger partial charge on any atom is -0.480 e. The number of aromatic nitrogens is 1. The highest BCUT2D eigenvalue weighted by atomic mass is 35.5. The van der Waals surface area contributed by atoms with E-state index in [0.717, 1.165) is 6.29 Å². The van der Waals surface area contributed by atoms with E-state index in [1.54, 1.807) is 18.2 Å². The SMILES string of the molecule is CC(C)C[C@@H](C=O)N[C@@H](Cc1coc(-c2cc(Cl)cc(Cl)c2)n1)C(=O)O. The zero-order valence-electron chi connectivity index (χ0n) is 14.4. The fourth-order valence-corrected chi connectivity index (χ4v) is 3.09. The lowest BCUT2D eigenvalue weighted by atomic mass is 10.0. The maximum atomic E-state index is 11.5. The second-order valence-corrected chi connectivity index (χ2v) is 7.31. The van der Waals surface area contributed by atoms with Gasteiger partial charge in [-0.1, -0.05) is 37.0 Å². The van der Waals surface area contributed by atoms with E-state index in [1.165, 1.54) is 6.26 Å². The molecule has 0 aliphatic rings. The van der Waals surface area contributed by atoms with Crippen LogP contribution in [0.2, 0.25) is 10.0 Å². The van der Waals surface area contributed by atoms with Gasteiger partial charge in [-0.15, -0.1) is 0 Å². The number of nitrogens with zero attached hydrogens (tertiary/aromatic N) is 1. The number of hydrogen-bond donors (Lipinski definition) is 2. The lowest BCUT2D eigenvalue weighted by Crippen LogP contribution is -2.46. The Morgan fingerprint density at radius 3 is 2.50 bits per heavy atom. The molecule has 0 bridgehead atoms. The molecule has 0 amide bonds. The van der Waals surface area contributed by atoms with E-state index >= 15 is 0 Å². The van der Waals surface area contributed by atoms with Gasteiger partial charge in [0.15, 0.2) is 0 Å². The lowest BCUT2D eigenvalue weighted by Gasteiger charge is -2.19. The van der Waals surface area contributed by atoms with E-state index in [0.29, 0.717) is 33.6 Å². The van der Waals surface area contributed by atoms with Crippen LogP contribution in [0.4, 0.5) is 0 Å². The molecular formula is C18H20Cl2N2O4. The second-order valence-electron chi connectivity index (χ2n) is 6.44. The minimum absolute atomic E-state index is 0.0789. The molecule has 26 heavy (non-hydrogen) atoms. The van der Waals surface area contributed by atoms with E-state index in [-0.39, 0.29) is 12.3 Å². The molecule has 0 aliphatic carbocycles. The van der Waals surface area contributed by atoms with Gasteiger partial charge in [-0.05, 0) is 30.5 Å². The molecule has 0 spiro atoms. The Morgan fingerprint density at radius 1 is 1.31 bits per heavy atom. The third kappa shape index (κ3) is 5.83. The number of aldehydes is 1. The maximum absolute atomic E-state index is 11.5. The van der Waals surface area contributed by atoms with Crippen LogP contribution in [-0.4, -0.2) is 34.4 Å². The molecule has 2 aromatic rings. The van der Waals surface area contributed by atoms with E-state index < -0.39 is 18.1 Å². The number of carbonyl (C=O) groups excluding carboxylic acids is 1. The maximum Gasteiger partial charge on any atom is 0.321 e. The number of oxazole rings is 1. The lowest BCUT2D eigenvalue weighted by molar-refractivity contribution is -0.139. The van der Waals surface area contributed by atoms with Gasteiger partial charge in [-0.25, -0.2) is 4.98 Å². The molecule has 8 heteroatoms. The highest BCUT2D eigenvalue weighted by Crippen LogP contribution is 2.27. The summed E-state index contributed by atoms with van der Waals surface area (Å²) in [7, 11) is 0. The number of nitrogens with one attached hydrogen (secondary N) is 1. The Hall–Kier alpha value is -1.89. The summed E-state index contributed by atoms with van der Waals surface area (Å²) in [5.74, 6) is -0.503. The van der Waals surface area contributed by atoms with E-state index in [4.69, 9.17) is 27.6 Å². The van der Waals surface area contributed by atoms with Gasteiger partial charge < -0.3 is 14.3 Å². The summed E-state index contributed by atoms with van der Waals surface area (Å²) in [5.41, 5.74) is 1.05. The molecule has 2 rings (SSSR count). The molecule has 0 radical (unpaired) electrons. The average Bonchev–Trinajstić information content (AvgIpc) is 3.00. The highest BCUT2D eigenvalue weighted by Gasteiger charge is 2.24. The van der Waals surface area contributed by atoms with Crippen molar-refractivity contribution in [1.82, 2.24) is 10.3 Å². The Kier molecular flexibility index (Phi) is 7.20. The normalized spacial score (nSPS) is 13.6. The Labute approximate surface area is 161 Å². The molecule has 1 aromatic carbocycles. The van der Waals surface area contributed by atoms with Gasteiger partial charge in [0.05, 0.1) is 11.7 Å². The predicted octanol–water partition coefficient (Wildman–Crippen LogP) is 3.85. The number of hydrogen-bond acceptors (Lipinski definition) is 5. The molecule has 1 aromatic heterocycles. The van der Waals surface area contributed by atoms with Crippen molar-refractivity contribution in [3.63, 3.8) is 0 Å². The molecule has 2 N–H and O–H groups in total. The summed E-state index contributed by atoms with van der Waals surface area (Å²) in [6.07, 6.45) is 2.76. The van der Waals surface area contributed by atoms with Gasteiger partial charge in [0.25, 0.3) is 0 Å². The number of carboxylic acid groups (broad SMARTS) is 1. The quantitative estimate of drug-likeness (QED) is 0.623. The third-order valence-electron chi connectivity index (χ3n) is 3.68. The van der Waals surface area contributed by atoms with Crippen LogP contribution in [-0.2, 0) is 16.0 Å². The van der Waals surface area contributed by atoms with Crippen molar-refractivity contribution < 1.29 is 19.1 Å². The summed E-state index contributed by atoms with van der Waals surface area (Å²) in [6.45, 7) is 3.93. The topological polar surface area (TPSA) is 92.4 Å². The standard InChI is InChI=1S/C18H20Cl2N2O4/c1-10(2)3-14(8-23)21-16(18(24)25)7-15-9-26-17(22-15)11-4-12(19)6-13(20)5-11/h4-6,8-10,14,16,21H,3,7H2,1-2H3,(H,24,25)/t14-,16-/m0/s1. The molecular weight excluding hydrogens is 379 g/mol. The molecule has 0 fully saturated rings. The summed E-state index contributed by atoms with van der Waals surface area (Å²) in [4.78, 5) is 27.0. The van der Waals surface area contributed by atoms with Crippen LogP contribution in [0.25, 0.3) is 11.5 Å². The Bertz CT molecular complexity index is 756. The smallest absolute Gasteiger partial charge is 0.321 e. The molecule has 0 unspecified atom stereocenters. The van der Waals surface area contributed by atoms with Crippen LogP contribution in [0.15, 0.2) is 28.9 Å². The number of halogens is 2. The van der Waals surface area contributed by atoms with E-state index in [2.05, 4.69) is 10.3 Å². The van der Waals surface area contributed by atoms with E-state index in [9.17, 15) is 14.7 Å². The Morgan fingerprint density at radius 2 is 1.96 bits per heavy atom. The van der Waals surface area contributed by atoms with Crippen molar-refractivity contribution in [3.05, 3.63) is 40.2 Å². The number of benzene rings is 1. The average molecular weight is 399 g/mol. The van der Waals surface area contributed by atoms with Crippen LogP contribution in [0.3, 0.4) is 0 Å². The Balaban J connectivity index is 2.13. The van der Waals surface area contributed by atoms with Crippen LogP contribution >= 0.6 is 23.2 Å². The van der Waals surface area contributed by atoms with Crippen LogP contribution in [0, 0.1) is 5.92 Å². The molecule has 1 heterocycles. The van der Waals surface area contributed by atoms with Gasteiger partial charge in [0.1, 0.15) is 18.6 Å². The fraction of sp³-hybridized carbons (Fsp3) is 0.389. The predicted molar refractivity (Wildman–Crippen MR) is 99.5 cm³/mol. The monoisotopic (exact) mass is 398 g/mol. The number of carboxylic acids is 1. The first-order chi connectivity index (χ1) is 12.3. The van der Waals surface area contributed by atoms with Crippen molar-refractivity contribution in [2.24, 2.45) is 5.92 Å². The van der Waals surface area contributed by atoms with Crippen molar-refractivity contribution >= 4 is 35.5 Å². The van der Waals surface area contributed by atoms with Gasteiger partial charge in [-0.3, -0.25) is 10.1 Å². The summed E-state index contributed by atoms with van der Waals surface area (Å²) >= 11 is 11.9. The largest absolute Gasteiger partial charge is 0.480 e. The minimum atomic E-state index is -1.06. The number of aliphatic carboxylic acids is 1. The van der Waals surface area contributed by atoms with Crippen molar-refractivity contribution in [3.8, 4) is 11.5 Å². The fourth-order valence-electron chi connectivity index (χ4n) is 2.57. The first kappa shape index (κ1) is 20.4. The summed E-state index contributed by atoms with van der Waals surface area (Å²) < 4.78 is 5.42.